The number of methoxy groups -OCH3 is 1. The Morgan fingerprint density at radius 3 is 2.84 bits per heavy atom. The molecule has 0 radical (unpaired) electrons. The molecular weight excluding hydrogens is 418 g/mol. The third-order valence-electron chi connectivity index (χ3n) is 4.94. The molecule has 1 aromatic carbocycles. The summed E-state index contributed by atoms with van der Waals surface area (Å²) in [4.78, 5) is 19.2. The monoisotopic (exact) mass is 445 g/mol. The lowest BCUT2D eigenvalue weighted by Gasteiger charge is -2.34. The first-order valence-electron chi connectivity index (χ1n) is 10.3. The van der Waals surface area contributed by atoms with Crippen molar-refractivity contribution in [3.63, 3.8) is 0 Å². The van der Waals surface area contributed by atoms with Crippen molar-refractivity contribution in [1.29, 1.82) is 0 Å². The number of rotatable bonds is 6. The van der Waals surface area contributed by atoms with Crippen molar-refractivity contribution in [3.05, 3.63) is 34.8 Å². The summed E-state index contributed by atoms with van der Waals surface area (Å²) in [5.41, 5.74) is 1.73. The highest BCUT2D eigenvalue weighted by Crippen LogP contribution is 2.40. The van der Waals surface area contributed by atoms with E-state index in [1.54, 1.807) is 13.2 Å². The van der Waals surface area contributed by atoms with Crippen molar-refractivity contribution in [2.75, 3.05) is 38.7 Å². The minimum Gasteiger partial charge on any atom is -0.493 e. The van der Waals surface area contributed by atoms with Gasteiger partial charge in [0.25, 0.3) is 0 Å². The van der Waals surface area contributed by atoms with Crippen molar-refractivity contribution in [3.8, 4) is 17.2 Å². The van der Waals surface area contributed by atoms with Crippen LogP contribution in [0.5, 0.6) is 17.2 Å². The topological polar surface area (TPSA) is 82.2 Å². The van der Waals surface area contributed by atoms with E-state index in [1.165, 1.54) is 17.4 Å². The van der Waals surface area contributed by atoms with Crippen molar-refractivity contribution in [1.82, 2.24) is 9.88 Å². The van der Waals surface area contributed by atoms with Crippen LogP contribution in [0.1, 0.15) is 25.1 Å². The van der Waals surface area contributed by atoms with Gasteiger partial charge in [0, 0.05) is 31.1 Å². The van der Waals surface area contributed by atoms with E-state index in [2.05, 4.69) is 29.0 Å². The fraction of sp³-hybridized carbons (Fsp3) is 0.455. The molecular formula is C22H27N3O5S. The Morgan fingerprint density at radius 2 is 2.06 bits per heavy atom. The van der Waals surface area contributed by atoms with Gasteiger partial charge in [-0.3, -0.25) is 15.0 Å². The van der Waals surface area contributed by atoms with Crippen LogP contribution in [0.15, 0.2) is 23.6 Å². The molecule has 0 aliphatic carbocycles. The van der Waals surface area contributed by atoms with Gasteiger partial charge in [0.15, 0.2) is 16.6 Å². The molecule has 0 spiro atoms. The average Bonchev–Trinajstić information content (AvgIpc) is 3.17. The number of aromatic nitrogens is 1. The van der Waals surface area contributed by atoms with Gasteiger partial charge in [0.05, 0.1) is 25.0 Å². The first-order valence-corrected chi connectivity index (χ1v) is 11.2. The van der Waals surface area contributed by atoms with Crippen LogP contribution in [0.2, 0.25) is 0 Å². The van der Waals surface area contributed by atoms with Crippen LogP contribution in [0.3, 0.4) is 0 Å². The maximum atomic E-state index is 12.4. The van der Waals surface area contributed by atoms with Crippen LogP contribution in [-0.4, -0.2) is 61.4 Å². The SMILES string of the molecule is COc1cc(/C=C/C(=O)Nc2nc(CN3CC(C)OC(C)C3)cs2)cc2c1OCCO2. The standard InChI is InChI=1S/C22H27N3O5S/c1-14-10-25(11-15(2)30-14)12-17-13-31-22(23-17)24-20(26)5-4-16-8-18(27-3)21-19(9-16)28-6-7-29-21/h4-5,8-9,13-15H,6-7,10-12H2,1-3H3,(H,23,24,26)/b5-4+. The fourth-order valence-electron chi connectivity index (χ4n) is 3.79. The zero-order valence-electron chi connectivity index (χ0n) is 17.9. The molecule has 1 amide bonds. The molecule has 2 aliphatic rings. The van der Waals surface area contributed by atoms with Gasteiger partial charge in [-0.2, -0.15) is 0 Å². The summed E-state index contributed by atoms with van der Waals surface area (Å²) in [5.74, 6) is 1.54. The van der Waals surface area contributed by atoms with Crippen molar-refractivity contribution in [2.24, 2.45) is 0 Å². The van der Waals surface area contributed by atoms with E-state index in [9.17, 15) is 4.79 Å². The number of benzene rings is 1. The smallest absolute Gasteiger partial charge is 0.250 e. The molecule has 31 heavy (non-hydrogen) atoms. The summed E-state index contributed by atoms with van der Waals surface area (Å²) in [6, 6.07) is 3.63. The molecule has 8 nitrogen and oxygen atoms in total. The molecule has 2 aliphatic heterocycles. The molecule has 0 saturated carbocycles. The van der Waals surface area contributed by atoms with Crippen LogP contribution in [-0.2, 0) is 16.1 Å². The van der Waals surface area contributed by atoms with Gasteiger partial charge in [-0.1, -0.05) is 0 Å². The summed E-state index contributed by atoms with van der Waals surface area (Å²) in [5, 5.41) is 5.39. The number of carbonyl (C=O) groups excluding carboxylic acids is 1. The lowest BCUT2D eigenvalue weighted by atomic mass is 10.1. The number of amides is 1. The van der Waals surface area contributed by atoms with Crippen molar-refractivity contribution >= 4 is 28.5 Å². The highest BCUT2D eigenvalue weighted by Gasteiger charge is 2.23. The molecule has 2 aromatic rings. The Morgan fingerprint density at radius 1 is 1.29 bits per heavy atom. The molecule has 2 atom stereocenters. The molecule has 0 bridgehead atoms. The zero-order chi connectivity index (χ0) is 21.8. The van der Waals surface area contributed by atoms with E-state index >= 15 is 0 Å². The molecule has 9 heteroatoms. The highest BCUT2D eigenvalue weighted by molar-refractivity contribution is 7.13. The van der Waals surface area contributed by atoms with Crippen molar-refractivity contribution < 1.29 is 23.7 Å². The van der Waals surface area contributed by atoms with E-state index < -0.39 is 0 Å². The summed E-state index contributed by atoms with van der Waals surface area (Å²) in [6.07, 6.45) is 3.61. The largest absolute Gasteiger partial charge is 0.493 e. The Bertz CT molecular complexity index is 933. The number of anilines is 1. The zero-order valence-corrected chi connectivity index (χ0v) is 18.7. The van der Waals surface area contributed by atoms with Gasteiger partial charge in [-0.25, -0.2) is 4.98 Å². The highest BCUT2D eigenvalue weighted by atomic mass is 32.1. The van der Waals surface area contributed by atoms with Gasteiger partial charge >= 0.3 is 0 Å². The normalized spacial score (nSPS) is 21.3. The fourth-order valence-corrected chi connectivity index (χ4v) is 4.49. The second kappa shape index (κ2) is 9.67. The number of carbonyl (C=O) groups is 1. The number of fused-ring (bicyclic) bond motifs is 1. The summed E-state index contributed by atoms with van der Waals surface area (Å²) in [7, 11) is 1.58. The Hall–Kier alpha value is -2.62. The lowest BCUT2D eigenvalue weighted by molar-refractivity contribution is -0.111. The number of hydrogen-bond donors (Lipinski definition) is 1. The van der Waals surface area contributed by atoms with Gasteiger partial charge in [-0.15, -0.1) is 11.3 Å². The quantitative estimate of drug-likeness (QED) is 0.684. The second-order valence-electron chi connectivity index (χ2n) is 7.67. The number of morpholine rings is 1. The average molecular weight is 446 g/mol. The van der Waals surface area contributed by atoms with Crippen LogP contribution >= 0.6 is 11.3 Å². The van der Waals surface area contributed by atoms with E-state index in [-0.39, 0.29) is 18.1 Å². The third kappa shape index (κ3) is 5.55. The third-order valence-corrected chi connectivity index (χ3v) is 5.75. The number of thiazole rings is 1. The van der Waals surface area contributed by atoms with E-state index in [0.717, 1.165) is 30.9 Å². The Labute approximate surface area is 185 Å². The minimum absolute atomic E-state index is 0.214. The maximum Gasteiger partial charge on any atom is 0.250 e. The van der Waals surface area contributed by atoms with Gasteiger partial charge in [0.2, 0.25) is 11.7 Å². The molecule has 1 aromatic heterocycles. The summed E-state index contributed by atoms with van der Waals surface area (Å²) < 4.78 is 22.4. The van der Waals surface area contributed by atoms with E-state index in [4.69, 9.17) is 18.9 Å². The van der Waals surface area contributed by atoms with Gasteiger partial charge < -0.3 is 18.9 Å². The minimum atomic E-state index is -0.247. The molecule has 4 rings (SSSR count). The Kier molecular flexibility index (Phi) is 6.74. The first kappa shape index (κ1) is 21.6. The molecule has 166 valence electrons. The van der Waals surface area contributed by atoms with Crippen LogP contribution in [0.4, 0.5) is 5.13 Å². The van der Waals surface area contributed by atoms with Crippen LogP contribution in [0, 0.1) is 0 Å². The molecule has 2 unspecified atom stereocenters. The lowest BCUT2D eigenvalue weighted by Crippen LogP contribution is -2.44. The van der Waals surface area contributed by atoms with Gasteiger partial charge in [-0.05, 0) is 37.6 Å². The molecule has 1 saturated heterocycles. The number of nitrogens with one attached hydrogen (secondary N) is 1. The summed E-state index contributed by atoms with van der Waals surface area (Å²) >= 11 is 1.42. The second-order valence-corrected chi connectivity index (χ2v) is 8.52. The van der Waals surface area contributed by atoms with Crippen molar-refractivity contribution in [2.45, 2.75) is 32.6 Å². The van der Waals surface area contributed by atoms with Crippen LogP contribution < -0.4 is 19.5 Å². The van der Waals surface area contributed by atoms with E-state index in [0.29, 0.717) is 35.6 Å². The number of nitrogens with zero attached hydrogens (tertiary/aromatic N) is 2. The molecule has 3 heterocycles. The number of ether oxygens (including phenoxy) is 4. The Balaban J connectivity index is 1.35. The first-order chi connectivity index (χ1) is 15.0. The molecule has 1 N–H and O–H groups in total. The molecule has 1 fully saturated rings. The predicted molar refractivity (Wildman–Crippen MR) is 119 cm³/mol. The maximum absolute atomic E-state index is 12.4. The number of hydrogen-bond acceptors (Lipinski definition) is 8. The van der Waals surface area contributed by atoms with E-state index in [1.807, 2.05) is 17.5 Å². The van der Waals surface area contributed by atoms with Crippen LogP contribution in [0.25, 0.3) is 6.08 Å². The van der Waals surface area contributed by atoms with Gasteiger partial charge in [0.1, 0.15) is 13.2 Å². The summed E-state index contributed by atoms with van der Waals surface area (Å²) in [6.45, 7) is 7.64. The predicted octanol–water partition coefficient (Wildman–Crippen LogP) is 3.18.